The molecule has 1 aliphatic heterocycles. The van der Waals surface area contributed by atoms with Crippen molar-refractivity contribution in [3.63, 3.8) is 0 Å². The lowest BCUT2D eigenvalue weighted by Crippen LogP contribution is -2.28. The van der Waals surface area contributed by atoms with E-state index in [1.165, 1.54) is 17.7 Å². The van der Waals surface area contributed by atoms with Gasteiger partial charge in [-0.2, -0.15) is 12.6 Å². The van der Waals surface area contributed by atoms with Crippen LogP contribution in [-0.2, 0) is 13.1 Å². The number of nitrogens with zero attached hydrogens (tertiary/aromatic N) is 1. The van der Waals surface area contributed by atoms with Crippen molar-refractivity contribution in [1.29, 1.82) is 0 Å². The molecule has 1 aliphatic rings. The molecular formula is C14H21NS. The van der Waals surface area contributed by atoms with Crippen LogP contribution in [0.4, 0.5) is 0 Å². The van der Waals surface area contributed by atoms with Gasteiger partial charge in [0.05, 0.1) is 0 Å². The topological polar surface area (TPSA) is 3.24 Å². The molecule has 0 bridgehead atoms. The number of thiol groups is 1. The molecule has 16 heavy (non-hydrogen) atoms. The second-order valence-corrected chi connectivity index (χ2v) is 5.49. The van der Waals surface area contributed by atoms with Gasteiger partial charge in [-0.05, 0) is 28.7 Å². The first-order valence-electron chi connectivity index (χ1n) is 6.10. The monoisotopic (exact) mass is 235 g/mol. The van der Waals surface area contributed by atoms with Crippen molar-refractivity contribution in [2.75, 3.05) is 12.3 Å². The molecule has 0 spiro atoms. The standard InChI is InChI=1S/C14H21NS/c1-11(2)14(10-16)9-15-7-12-5-3-4-6-13(12)8-15/h3-6,11,14,16H,7-10H2,1-2H3. The van der Waals surface area contributed by atoms with E-state index < -0.39 is 0 Å². The van der Waals surface area contributed by atoms with Gasteiger partial charge in [-0.1, -0.05) is 38.1 Å². The second kappa shape index (κ2) is 5.24. The van der Waals surface area contributed by atoms with Crippen LogP contribution in [0.25, 0.3) is 0 Å². The molecule has 0 aliphatic carbocycles. The summed E-state index contributed by atoms with van der Waals surface area (Å²) in [7, 11) is 0. The summed E-state index contributed by atoms with van der Waals surface area (Å²) < 4.78 is 0. The SMILES string of the molecule is CC(C)C(CS)CN1Cc2ccccc2C1. The number of fused-ring (bicyclic) bond motifs is 1. The maximum absolute atomic E-state index is 4.46. The summed E-state index contributed by atoms with van der Waals surface area (Å²) >= 11 is 4.46. The zero-order valence-electron chi connectivity index (χ0n) is 10.2. The van der Waals surface area contributed by atoms with Crippen molar-refractivity contribution >= 4 is 12.6 Å². The molecule has 1 aromatic carbocycles. The number of rotatable bonds is 4. The zero-order valence-corrected chi connectivity index (χ0v) is 11.1. The van der Waals surface area contributed by atoms with Crippen LogP contribution in [-0.4, -0.2) is 17.2 Å². The highest BCUT2D eigenvalue weighted by Gasteiger charge is 2.22. The van der Waals surface area contributed by atoms with Gasteiger partial charge >= 0.3 is 0 Å². The summed E-state index contributed by atoms with van der Waals surface area (Å²) in [6.07, 6.45) is 0. The highest BCUT2D eigenvalue weighted by molar-refractivity contribution is 7.80. The maximum Gasteiger partial charge on any atom is 0.0240 e. The van der Waals surface area contributed by atoms with Gasteiger partial charge in [0.15, 0.2) is 0 Å². The van der Waals surface area contributed by atoms with Crippen molar-refractivity contribution in [3.05, 3.63) is 35.4 Å². The smallest absolute Gasteiger partial charge is 0.0240 e. The molecule has 88 valence electrons. The van der Waals surface area contributed by atoms with E-state index in [0.29, 0.717) is 5.92 Å². The fourth-order valence-corrected chi connectivity index (χ4v) is 2.88. The van der Waals surface area contributed by atoms with Crippen LogP contribution in [0.5, 0.6) is 0 Å². The van der Waals surface area contributed by atoms with E-state index in [2.05, 4.69) is 55.6 Å². The van der Waals surface area contributed by atoms with Crippen molar-refractivity contribution < 1.29 is 0 Å². The molecule has 1 aromatic rings. The van der Waals surface area contributed by atoms with Gasteiger partial charge in [-0.15, -0.1) is 0 Å². The maximum atomic E-state index is 4.46. The summed E-state index contributed by atoms with van der Waals surface area (Å²) in [6, 6.07) is 8.78. The fraction of sp³-hybridized carbons (Fsp3) is 0.571. The molecule has 0 radical (unpaired) electrons. The van der Waals surface area contributed by atoms with E-state index in [9.17, 15) is 0 Å². The predicted molar refractivity (Wildman–Crippen MR) is 72.7 cm³/mol. The van der Waals surface area contributed by atoms with Crippen LogP contribution in [0.2, 0.25) is 0 Å². The van der Waals surface area contributed by atoms with Gasteiger partial charge < -0.3 is 0 Å². The van der Waals surface area contributed by atoms with Gasteiger partial charge in [-0.25, -0.2) is 0 Å². The third-order valence-electron chi connectivity index (χ3n) is 3.58. The Balaban J connectivity index is 1.96. The Morgan fingerprint density at radius 2 is 1.75 bits per heavy atom. The highest BCUT2D eigenvalue weighted by atomic mass is 32.1. The molecule has 0 fully saturated rings. The van der Waals surface area contributed by atoms with E-state index in [1.54, 1.807) is 0 Å². The third-order valence-corrected chi connectivity index (χ3v) is 4.05. The largest absolute Gasteiger partial charge is 0.294 e. The molecule has 2 rings (SSSR count). The molecule has 1 atom stereocenters. The molecule has 1 nitrogen and oxygen atoms in total. The van der Waals surface area contributed by atoms with Crippen LogP contribution in [0.3, 0.4) is 0 Å². The van der Waals surface area contributed by atoms with Gasteiger partial charge in [0.2, 0.25) is 0 Å². The van der Waals surface area contributed by atoms with Crippen molar-refractivity contribution in [3.8, 4) is 0 Å². The normalized spacial score (nSPS) is 17.8. The number of hydrogen-bond acceptors (Lipinski definition) is 2. The summed E-state index contributed by atoms with van der Waals surface area (Å²) in [6.45, 7) is 8.00. The van der Waals surface area contributed by atoms with E-state index in [0.717, 1.165) is 24.8 Å². The van der Waals surface area contributed by atoms with Crippen LogP contribution < -0.4 is 0 Å². The quantitative estimate of drug-likeness (QED) is 0.784. The van der Waals surface area contributed by atoms with Crippen molar-refractivity contribution in [1.82, 2.24) is 4.90 Å². The van der Waals surface area contributed by atoms with Crippen LogP contribution in [0.15, 0.2) is 24.3 Å². The van der Waals surface area contributed by atoms with E-state index in [-0.39, 0.29) is 0 Å². The lowest BCUT2D eigenvalue weighted by molar-refractivity contribution is 0.218. The average Bonchev–Trinajstić information content (AvgIpc) is 2.67. The lowest BCUT2D eigenvalue weighted by Gasteiger charge is -2.24. The predicted octanol–water partition coefficient (Wildman–Crippen LogP) is 3.20. The van der Waals surface area contributed by atoms with E-state index in [4.69, 9.17) is 0 Å². The average molecular weight is 235 g/mol. The molecular weight excluding hydrogens is 214 g/mol. The Hall–Kier alpha value is -0.470. The zero-order chi connectivity index (χ0) is 11.5. The van der Waals surface area contributed by atoms with Gasteiger partial charge in [0.25, 0.3) is 0 Å². The summed E-state index contributed by atoms with van der Waals surface area (Å²) in [4.78, 5) is 2.55. The lowest BCUT2D eigenvalue weighted by atomic mass is 9.97. The van der Waals surface area contributed by atoms with E-state index in [1.807, 2.05) is 0 Å². The first-order valence-corrected chi connectivity index (χ1v) is 6.74. The summed E-state index contributed by atoms with van der Waals surface area (Å²) in [5.74, 6) is 2.42. The molecule has 0 saturated heterocycles. The molecule has 0 amide bonds. The summed E-state index contributed by atoms with van der Waals surface area (Å²) in [5.41, 5.74) is 3.01. The Labute approximate surface area is 104 Å². The molecule has 1 heterocycles. The van der Waals surface area contributed by atoms with Crippen molar-refractivity contribution in [2.24, 2.45) is 11.8 Å². The first-order chi connectivity index (χ1) is 7.70. The van der Waals surface area contributed by atoms with E-state index >= 15 is 0 Å². The Morgan fingerprint density at radius 3 is 2.19 bits per heavy atom. The minimum atomic E-state index is 0.706. The molecule has 0 aromatic heterocycles. The second-order valence-electron chi connectivity index (χ2n) is 5.13. The fourth-order valence-electron chi connectivity index (χ4n) is 2.34. The molecule has 0 saturated carbocycles. The minimum Gasteiger partial charge on any atom is -0.294 e. The minimum absolute atomic E-state index is 0.706. The highest BCUT2D eigenvalue weighted by Crippen LogP contribution is 2.24. The van der Waals surface area contributed by atoms with Crippen molar-refractivity contribution in [2.45, 2.75) is 26.9 Å². The van der Waals surface area contributed by atoms with Crippen LogP contribution in [0, 0.1) is 11.8 Å². The number of hydrogen-bond donors (Lipinski definition) is 1. The first kappa shape index (κ1) is 12.0. The van der Waals surface area contributed by atoms with Gasteiger partial charge in [0, 0.05) is 19.6 Å². The van der Waals surface area contributed by atoms with Gasteiger partial charge in [-0.3, -0.25) is 4.90 Å². The molecule has 1 unspecified atom stereocenters. The number of benzene rings is 1. The van der Waals surface area contributed by atoms with Crippen LogP contribution in [0.1, 0.15) is 25.0 Å². The molecule has 0 N–H and O–H groups in total. The molecule has 2 heteroatoms. The van der Waals surface area contributed by atoms with Crippen LogP contribution >= 0.6 is 12.6 Å². The third kappa shape index (κ3) is 2.61. The Morgan fingerprint density at radius 1 is 1.19 bits per heavy atom. The Kier molecular flexibility index (Phi) is 3.93. The summed E-state index contributed by atoms with van der Waals surface area (Å²) in [5, 5.41) is 0. The Bertz CT molecular complexity index is 323. The van der Waals surface area contributed by atoms with Gasteiger partial charge in [0.1, 0.15) is 0 Å².